The Hall–Kier alpha value is -4.66. The van der Waals surface area contributed by atoms with Crippen LogP contribution in [-0.4, -0.2) is 41.2 Å². The molecule has 1 aliphatic heterocycles. The van der Waals surface area contributed by atoms with E-state index in [1.165, 1.54) is 0 Å². The number of hydrogen-bond donors (Lipinski definition) is 1. The van der Waals surface area contributed by atoms with E-state index in [1.54, 1.807) is 62.8 Å². The van der Waals surface area contributed by atoms with Crippen molar-refractivity contribution in [1.29, 1.82) is 0 Å². The molecule has 2 heterocycles. The van der Waals surface area contributed by atoms with Gasteiger partial charge in [-0.05, 0) is 54.4 Å². The molecule has 0 saturated carbocycles. The molecule has 1 fully saturated rings. The maximum Gasteiger partial charge on any atom is 0.325 e. The van der Waals surface area contributed by atoms with E-state index >= 15 is 0 Å². The number of aromatic nitrogens is 2. The van der Waals surface area contributed by atoms with Gasteiger partial charge in [0, 0.05) is 5.56 Å². The minimum Gasteiger partial charge on any atom is -0.497 e. The number of ether oxygens (including phenoxy) is 2. The fourth-order valence-electron chi connectivity index (χ4n) is 4.23. The van der Waals surface area contributed by atoms with Gasteiger partial charge in [0.05, 0.1) is 20.8 Å². The summed E-state index contributed by atoms with van der Waals surface area (Å²) in [6.07, 6.45) is 0. The van der Waals surface area contributed by atoms with E-state index in [9.17, 15) is 9.59 Å². The summed E-state index contributed by atoms with van der Waals surface area (Å²) in [4.78, 5) is 32.6. The molecule has 5 rings (SSSR count). The number of methoxy groups -OCH3 is 2. The van der Waals surface area contributed by atoms with Crippen LogP contribution in [0.5, 0.6) is 11.5 Å². The average molecular weight is 485 g/mol. The Balaban J connectivity index is 1.50. The van der Waals surface area contributed by atoms with Crippen LogP contribution in [0.4, 0.5) is 4.79 Å². The standard InChI is InChI=1S/C27H24N4O5/c1-17-4-6-18(7-5-17)24-28-23(30-36-24)16-31-25(32)27(29-26(31)33,19-8-12-21(34-2)13-9-19)20-10-14-22(35-3)15-11-20/h4-15H,16H2,1-3H3,(H,29,33). The molecule has 36 heavy (non-hydrogen) atoms. The second-order valence-corrected chi connectivity index (χ2v) is 8.41. The van der Waals surface area contributed by atoms with Crippen LogP contribution in [-0.2, 0) is 16.9 Å². The molecule has 0 atom stereocenters. The van der Waals surface area contributed by atoms with Gasteiger partial charge in [-0.2, -0.15) is 4.98 Å². The minimum absolute atomic E-state index is 0.145. The Kier molecular flexibility index (Phi) is 5.89. The van der Waals surface area contributed by atoms with Gasteiger partial charge in [0.1, 0.15) is 11.5 Å². The minimum atomic E-state index is -1.45. The molecule has 3 aromatic carbocycles. The van der Waals surface area contributed by atoms with E-state index in [4.69, 9.17) is 14.0 Å². The number of amides is 3. The highest BCUT2D eigenvalue weighted by Crippen LogP contribution is 2.38. The molecule has 0 aliphatic carbocycles. The maximum atomic E-state index is 14.0. The largest absolute Gasteiger partial charge is 0.497 e. The van der Waals surface area contributed by atoms with Gasteiger partial charge in [-0.15, -0.1) is 0 Å². The predicted octanol–water partition coefficient (Wildman–Crippen LogP) is 4.06. The van der Waals surface area contributed by atoms with Crippen molar-refractivity contribution in [3.05, 3.63) is 95.3 Å². The number of imide groups is 1. The van der Waals surface area contributed by atoms with Crippen LogP contribution in [0.2, 0.25) is 0 Å². The number of nitrogens with zero attached hydrogens (tertiary/aromatic N) is 3. The van der Waals surface area contributed by atoms with E-state index in [0.717, 1.165) is 16.0 Å². The first kappa shape index (κ1) is 23.1. The first-order chi connectivity index (χ1) is 17.4. The zero-order chi connectivity index (χ0) is 25.3. The smallest absolute Gasteiger partial charge is 0.325 e. The highest BCUT2D eigenvalue weighted by Gasteiger charge is 2.54. The van der Waals surface area contributed by atoms with Crippen molar-refractivity contribution >= 4 is 11.9 Å². The lowest BCUT2D eigenvalue weighted by atomic mass is 9.82. The van der Waals surface area contributed by atoms with Crippen molar-refractivity contribution in [2.75, 3.05) is 14.2 Å². The van der Waals surface area contributed by atoms with Crippen molar-refractivity contribution in [2.24, 2.45) is 0 Å². The third-order valence-electron chi connectivity index (χ3n) is 6.22. The molecule has 0 radical (unpaired) electrons. The molecule has 9 heteroatoms. The highest BCUT2D eigenvalue weighted by atomic mass is 16.5. The molecule has 9 nitrogen and oxygen atoms in total. The molecular formula is C27H24N4O5. The van der Waals surface area contributed by atoms with Gasteiger partial charge in [-0.1, -0.05) is 47.1 Å². The third-order valence-corrected chi connectivity index (χ3v) is 6.22. The Morgan fingerprint density at radius 2 is 1.42 bits per heavy atom. The summed E-state index contributed by atoms with van der Waals surface area (Å²) < 4.78 is 15.9. The Morgan fingerprint density at radius 1 is 0.861 bits per heavy atom. The zero-order valence-corrected chi connectivity index (χ0v) is 20.0. The van der Waals surface area contributed by atoms with Crippen molar-refractivity contribution in [3.8, 4) is 23.0 Å². The number of hydrogen-bond acceptors (Lipinski definition) is 7. The van der Waals surface area contributed by atoms with E-state index in [0.29, 0.717) is 28.5 Å². The normalized spacial score (nSPS) is 14.6. The van der Waals surface area contributed by atoms with Crippen LogP contribution in [0, 0.1) is 6.92 Å². The van der Waals surface area contributed by atoms with E-state index in [2.05, 4.69) is 15.5 Å². The van der Waals surface area contributed by atoms with Crippen molar-refractivity contribution in [1.82, 2.24) is 20.4 Å². The maximum absolute atomic E-state index is 14.0. The van der Waals surface area contributed by atoms with Crippen molar-refractivity contribution in [2.45, 2.75) is 19.0 Å². The summed E-state index contributed by atoms with van der Waals surface area (Å²) in [5.74, 6) is 1.34. The lowest BCUT2D eigenvalue weighted by Crippen LogP contribution is -2.45. The Morgan fingerprint density at radius 3 is 1.94 bits per heavy atom. The summed E-state index contributed by atoms with van der Waals surface area (Å²) in [6.45, 7) is 1.84. The van der Waals surface area contributed by atoms with Gasteiger partial charge in [0.15, 0.2) is 11.4 Å². The summed E-state index contributed by atoms with van der Waals surface area (Å²) >= 11 is 0. The number of nitrogens with one attached hydrogen (secondary N) is 1. The van der Waals surface area contributed by atoms with Crippen LogP contribution in [0.15, 0.2) is 77.3 Å². The number of benzene rings is 3. The second-order valence-electron chi connectivity index (χ2n) is 8.41. The highest BCUT2D eigenvalue weighted by molar-refractivity contribution is 6.09. The Labute approximate surface area is 207 Å². The number of rotatable bonds is 7. The second kappa shape index (κ2) is 9.18. The first-order valence-electron chi connectivity index (χ1n) is 11.3. The van der Waals surface area contributed by atoms with Crippen molar-refractivity contribution < 1.29 is 23.6 Å². The van der Waals surface area contributed by atoms with Crippen LogP contribution < -0.4 is 14.8 Å². The topological polar surface area (TPSA) is 107 Å². The molecule has 0 bridgehead atoms. The molecule has 4 aromatic rings. The predicted molar refractivity (Wildman–Crippen MR) is 130 cm³/mol. The summed E-state index contributed by atoms with van der Waals surface area (Å²) in [7, 11) is 3.13. The molecule has 0 spiro atoms. The molecule has 1 saturated heterocycles. The summed E-state index contributed by atoms with van der Waals surface area (Å²) in [6, 6.07) is 21.1. The van der Waals surface area contributed by atoms with Gasteiger partial charge in [-0.3, -0.25) is 9.69 Å². The molecule has 1 aliphatic rings. The number of aryl methyl sites for hydroxylation is 1. The van der Waals surface area contributed by atoms with Crippen LogP contribution in [0.25, 0.3) is 11.5 Å². The van der Waals surface area contributed by atoms with E-state index in [-0.39, 0.29) is 12.4 Å². The molecule has 1 N–H and O–H groups in total. The zero-order valence-electron chi connectivity index (χ0n) is 20.0. The number of carbonyl (C=O) groups is 2. The third kappa shape index (κ3) is 3.94. The van der Waals surface area contributed by atoms with E-state index in [1.807, 2.05) is 31.2 Å². The number of carbonyl (C=O) groups excluding carboxylic acids is 2. The Bertz CT molecular complexity index is 1350. The number of urea groups is 1. The molecule has 0 unspecified atom stereocenters. The molecular weight excluding hydrogens is 460 g/mol. The average Bonchev–Trinajstić information content (AvgIpc) is 3.48. The van der Waals surface area contributed by atoms with Gasteiger partial charge in [0.2, 0.25) is 0 Å². The van der Waals surface area contributed by atoms with Gasteiger partial charge >= 0.3 is 6.03 Å². The SMILES string of the molecule is COc1ccc(C2(c3ccc(OC)cc3)NC(=O)N(Cc3noc(-c4ccc(C)cc4)n3)C2=O)cc1. The summed E-state index contributed by atoms with van der Waals surface area (Å²) in [5, 5.41) is 6.90. The van der Waals surface area contributed by atoms with Crippen LogP contribution in [0.3, 0.4) is 0 Å². The molecule has 1 aromatic heterocycles. The summed E-state index contributed by atoms with van der Waals surface area (Å²) in [5.41, 5.74) is 1.58. The monoisotopic (exact) mass is 484 g/mol. The molecule has 182 valence electrons. The quantitative estimate of drug-likeness (QED) is 0.394. The van der Waals surface area contributed by atoms with Gasteiger partial charge in [0.25, 0.3) is 11.8 Å². The van der Waals surface area contributed by atoms with E-state index < -0.39 is 17.5 Å². The van der Waals surface area contributed by atoms with Crippen LogP contribution >= 0.6 is 0 Å². The first-order valence-corrected chi connectivity index (χ1v) is 11.3. The fourth-order valence-corrected chi connectivity index (χ4v) is 4.23. The lowest BCUT2D eigenvalue weighted by Gasteiger charge is -2.28. The van der Waals surface area contributed by atoms with Gasteiger partial charge < -0.3 is 19.3 Å². The lowest BCUT2D eigenvalue weighted by molar-refractivity contribution is -0.130. The van der Waals surface area contributed by atoms with Crippen LogP contribution in [0.1, 0.15) is 22.5 Å². The van der Waals surface area contributed by atoms with Crippen molar-refractivity contribution in [3.63, 3.8) is 0 Å². The molecule has 3 amide bonds. The fraction of sp³-hybridized carbons (Fsp3) is 0.185. The van der Waals surface area contributed by atoms with Gasteiger partial charge in [-0.25, -0.2) is 4.79 Å².